The van der Waals surface area contributed by atoms with Crippen LogP contribution in [-0.4, -0.2) is 7.11 Å². The zero-order chi connectivity index (χ0) is 11.5. The van der Waals surface area contributed by atoms with E-state index >= 15 is 0 Å². The maximum Gasteiger partial charge on any atom is 0.118 e. The molecular formula is C13H17NO. The quantitative estimate of drug-likeness (QED) is 0.689. The third-order valence-corrected chi connectivity index (χ3v) is 2.35. The zero-order valence-corrected chi connectivity index (χ0v) is 9.79. The third-order valence-electron chi connectivity index (χ3n) is 2.35. The van der Waals surface area contributed by atoms with Gasteiger partial charge in [-0.2, -0.15) is 5.26 Å². The second-order valence-corrected chi connectivity index (χ2v) is 4.42. The Morgan fingerprint density at radius 1 is 1.40 bits per heavy atom. The number of rotatable bonds is 2. The van der Waals surface area contributed by atoms with Gasteiger partial charge in [0.1, 0.15) is 5.76 Å². The number of nitrogens with zero attached hydrogens (tertiary/aromatic N) is 1. The van der Waals surface area contributed by atoms with Crippen molar-refractivity contribution in [1.82, 2.24) is 0 Å². The van der Waals surface area contributed by atoms with E-state index in [0.717, 1.165) is 16.9 Å². The predicted octanol–water partition coefficient (Wildman–Crippen LogP) is 3.34. The minimum atomic E-state index is -0.0637. The standard InChI is InChI=1S/C13H17NO/c1-10-7-11(5-6-14)8-13(2,3)9-12(10)15-4/h7-9H,5H2,1-4H3. The lowest BCUT2D eigenvalue weighted by Crippen LogP contribution is -2.04. The van der Waals surface area contributed by atoms with E-state index in [4.69, 9.17) is 10.00 Å². The highest BCUT2D eigenvalue weighted by molar-refractivity contribution is 5.40. The second-order valence-electron chi connectivity index (χ2n) is 4.42. The van der Waals surface area contributed by atoms with E-state index in [2.05, 4.69) is 32.1 Å². The van der Waals surface area contributed by atoms with Gasteiger partial charge in [-0.05, 0) is 24.1 Å². The fourth-order valence-corrected chi connectivity index (χ4v) is 1.78. The number of allylic oxidation sites excluding steroid dienone is 5. The molecule has 2 heteroatoms. The monoisotopic (exact) mass is 203 g/mol. The first-order valence-electron chi connectivity index (χ1n) is 5.03. The Hall–Kier alpha value is -1.49. The van der Waals surface area contributed by atoms with Crippen LogP contribution in [0.5, 0.6) is 0 Å². The molecular weight excluding hydrogens is 186 g/mol. The molecule has 1 aliphatic rings. The summed E-state index contributed by atoms with van der Waals surface area (Å²) in [5.74, 6) is 0.893. The lowest BCUT2D eigenvalue weighted by molar-refractivity contribution is 0.294. The lowest BCUT2D eigenvalue weighted by Gasteiger charge is -2.16. The minimum absolute atomic E-state index is 0.0637. The Bertz CT molecular complexity index is 378. The summed E-state index contributed by atoms with van der Waals surface area (Å²) in [6.45, 7) is 6.22. The van der Waals surface area contributed by atoms with E-state index < -0.39 is 0 Å². The molecule has 1 aliphatic carbocycles. The molecule has 0 amide bonds. The van der Waals surface area contributed by atoms with Crippen LogP contribution in [-0.2, 0) is 4.74 Å². The fraction of sp³-hybridized carbons (Fsp3) is 0.462. The predicted molar refractivity (Wildman–Crippen MR) is 60.9 cm³/mol. The van der Waals surface area contributed by atoms with Gasteiger partial charge >= 0.3 is 0 Å². The summed E-state index contributed by atoms with van der Waals surface area (Å²) in [4.78, 5) is 0. The maximum absolute atomic E-state index is 8.72. The Balaban J connectivity index is 3.14. The van der Waals surface area contributed by atoms with E-state index in [0.29, 0.717) is 6.42 Å². The highest BCUT2D eigenvalue weighted by Gasteiger charge is 2.18. The van der Waals surface area contributed by atoms with Crippen LogP contribution in [0, 0.1) is 16.7 Å². The van der Waals surface area contributed by atoms with Crippen molar-refractivity contribution in [3.8, 4) is 6.07 Å². The average molecular weight is 203 g/mol. The summed E-state index contributed by atoms with van der Waals surface area (Å²) in [5.41, 5.74) is 2.07. The second kappa shape index (κ2) is 4.35. The summed E-state index contributed by atoms with van der Waals surface area (Å²) >= 11 is 0. The van der Waals surface area contributed by atoms with Gasteiger partial charge in [0.2, 0.25) is 0 Å². The summed E-state index contributed by atoms with van der Waals surface area (Å²) in [6.07, 6.45) is 6.67. The molecule has 0 saturated heterocycles. The Morgan fingerprint density at radius 3 is 2.60 bits per heavy atom. The Kier molecular flexibility index (Phi) is 3.36. The van der Waals surface area contributed by atoms with E-state index in [1.54, 1.807) is 7.11 Å². The van der Waals surface area contributed by atoms with Crippen LogP contribution in [0.1, 0.15) is 27.2 Å². The van der Waals surface area contributed by atoms with Gasteiger partial charge in [-0.3, -0.25) is 0 Å². The van der Waals surface area contributed by atoms with Crippen LogP contribution in [0.25, 0.3) is 0 Å². The highest BCUT2D eigenvalue weighted by atomic mass is 16.5. The van der Waals surface area contributed by atoms with Gasteiger partial charge in [-0.1, -0.05) is 26.0 Å². The molecule has 0 saturated carbocycles. The van der Waals surface area contributed by atoms with Gasteiger partial charge in [0, 0.05) is 5.41 Å². The van der Waals surface area contributed by atoms with Gasteiger partial charge < -0.3 is 4.74 Å². The maximum atomic E-state index is 8.72. The zero-order valence-electron chi connectivity index (χ0n) is 9.79. The molecule has 0 fully saturated rings. The number of hydrogen-bond acceptors (Lipinski definition) is 2. The molecule has 1 rings (SSSR count). The lowest BCUT2D eigenvalue weighted by atomic mass is 9.90. The number of nitriles is 1. The molecule has 0 bridgehead atoms. The average Bonchev–Trinajstić information content (AvgIpc) is 2.23. The fourth-order valence-electron chi connectivity index (χ4n) is 1.78. The van der Waals surface area contributed by atoms with Crippen LogP contribution in [0.15, 0.2) is 35.1 Å². The van der Waals surface area contributed by atoms with Crippen LogP contribution < -0.4 is 0 Å². The summed E-state index contributed by atoms with van der Waals surface area (Å²) in [5, 5.41) is 8.72. The molecule has 0 unspecified atom stereocenters. The highest BCUT2D eigenvalue weighted by Crippen LogP contribution is 2.30. The molecule has 80 valence electrons. The van der Waals surface area contributed by atoms with Crippen molar-refractivity contribution in [3.05, 3.63) is 35.1 Å². The van der Waals surface area contributed by atoms with E-state index in [1.807, 2.05) is 13.0 Å². The summed E-state index contributed by atoms with van der Waals surface area (Å²) in [7, 11) is 1.68. The first-order valence-corrected chi connectivity index (χ1v) is 5.03. The van der Waals surface area contributed by atoms with Crippen LogP contribution in [0.3, 0.4) is 0 Å². The van der Waals surface area contributed by atoms with Crippen molar-refractivity contribution >= 4 is 0 Å². The molecule has 0 heterocycles. The SMILES string of the molecule is COC1=CC(C)(C)C=C(CC#N)C=C1C. The van der Waals surface area contributed by atoms with Crippen LogP contribution in [0.4, 0.5) is 0 Å². The van der Waals surface area contributed by atoms with E-state index in [9.17, 15) is 0 Å². The third kappa shape index (κ3) is 2.99. The van der Waals surface area contributed by atoms with Gasteiger partial charge in [-0.15, -0.1) is 0 Å². The van der Waals surface area contributed by atoms with Crippen molar-refractivity contribution in [2.45, 2.75) is 27.2 Å². The van der Waals surface area contributed by atoms with E-state index in [1.165, 1.54) is 0 Å². The first-order chi connectivity index (χ1) is 6.98. The molecule has 0 spiro atoms. The Morgan fingerprint density at radius 2 is 2.07 bits per heavy atom. The molecule has 0 aromatic rings. The number of hydrogen-bond donors (Lipinski definition) is 0. The molecule has 0 aliphatic heterocycles. The van der Waals surface area contributed by atoms with Crippen molar-refractivity contribution in [2.24, 2.45) is 5.41 Å². The first kappa shape index (κ1) is 11.6. The van der Waals surface area contributed by atoms with Crippen LogP contribution >= 0.6 is 0 Å². The van der Waals surface area contributed by atoms with E-state index in [-0.39, 0.29) is 5.41 Å². The van der Waals surface area contributed by atoms with Gasteiger partial charge in [0.25, 0.3) is 0 Å². The molecule has 2 nitrogen and oxygen atoms in total. The topological polar surface area (TPSA) is 33.0 Å². The largest absolute Gasteiger partial charge is 0.497 e. The van der Waals surface area contributed by atoms with Gasteiger partial charge in [0.05, 0.1) is 19.6 Å². The normalized spacial score (nSPS) is 19.3. The molecule has 0 aromatic heterocycles. The molecule has 15 heavy (non-hydrogen) atoms. The minimum Gasteiger partial charge on any atom is -0.497 e. The number of ether oxygens (including phenoxy) is 1. The van der Waals surface area contributed by atoms with Crippen molar-refractivity contribution in [2.75, 3.05) is 7.11 Å². The Labute approximate surface area is 91.6 Å². The van der Waals surface area contributed by atoms with Crippen molar-refractivity contribution in [3.63, 3.8) is 0 Å². The summed E-state index contributed by atoms with van der Waals surface area (Å²) in [6, 6.07) is 2.18. The molecule has 0 N–H and O–H groups in total. The molecule has 0 aromatic carbocycles. The summed E-state index contributed by atoms with van der Waals surface area (Å²) < 4.78 is 5.32. The molecule has 0 atom stereocenters. The van der Waals surface area contributed by atoms with Crippen molar-refractivity contribution < 1.29 is 4.74 Å². The van der Waals surface area contributed by atoms with Gasteiger partial charge in [-0.25, -0.2) is 0 Å². The van der Waals surface area contributed by atoms with Gasteiger partial charge in [0.15, 0.2) is 0 Å². The van der Waals surface area contributed by atoms with Crippen molar-refractivity contribution in [1.29, 1.82) is 5.26 Å². The molecule has 0 radical (unpaired) electrons. The number of methoxy groups -OCH3 is 1. The van der Waals surface area contributed by atoms with Crippen LogP contribution in [0.2, 0.25) is 0 Å². The smallest absolute Gasteiger partial charge is 0.118 e.